The van der Waals surface area contributed by atoms with E-state index in [-0.39, 0.29) is 17.6 Å². The van der Waals surface area contributed by atoms with Gasteiger partial charge in [-0.2, -0.15) is 0 Å². The topological polar surface area (TPSA) is 18.5 Å². The molecule has 2 unspecified atom stereocenters. The minimum absolute atomic E-state index is 0.123. The van der Waals surface area contributed by atoms with Crippen LogP contribution >= 0.6 is 95.6 Å². The third-order valence-corrected chi connectivity index (χ3v) is 9.06. The van der Waals surface area contributed by atoms with Crippen LogP contribution in [0.4, 0.5) is 0 Å². The van der Waals surface area contributed by atoms with Crippen molar-refractivity contribution in [3.8, 4) is 11.5 Å². The van der Waals surface area contributed by atoms with Crippen molar-refractivity contribution < 1.29 is 9.47 Å². The van der Waals surface area contributed by atoms with E-state index >= 15 is 0 Å². The molecule has 2 atom stereocenters. The fraction of sp³-hybridized carbons (Fsp3) is 0.478. The molecule has 2 aromatic carbocycles. The summed E-state index contributed by atoms with van der Waals surface area (Å²) in [7, 11) is 0. The van der Waals surface area contributed by atoms with E-state index in [2.05, 4.69) is 148 Å². The van der Waals surface area contributed by atoms with Gasteiger partial charge in [0, 0.05) is 16.1 Å². The van der Waals surface area contributed by atoms with E-state index < -0.39 is 0 Å². The lowest BCUT2D eigenvalue weighted by Crippen LogP contribution is -2.21. The van der Waals surface area contributed by atoms with Gasteiger partial charge in [-0.05, 0) is 112 Å². The Morgan fingerprint density at radius 1 is 0.677 bits per heavy atom. The highest BCUT2D eigenvalue weighted by Gasteiger charge is 2.28. The minimum atomic E-state index is -0.244. The summed E-state index contributed by atoms with van der Waals surface area (Å²) in [6, 6.07) is 8.58. The molecule has 0 fully saturated rings. The normalized spacial score (nSPS) is 13.7. The summed E-state index contributed by atoms with van der Waals surface area (Å²) >= 11 is 21.9. The van der Waals surface area contributed by atoms with Gasteiger partial charge >= 0.3 is 0 Å². The number of rotatable bonds is 10. The van der Waals surface area contributed by atoms with E-state index in [9.17, 15) is 0 Å². The zero-order chi connectivity index (χ0) is 23.3. The summed E-state index contributed by atoms with van der Waals surface area (Å²) in [6.07, 6.45) is 2.11. The zero-order valence-electron chi connectivity index (χ0n) is 17.9. The molecule has 0 N–H and O–H groups in total. The van der Waals surface area contributed by atoms with Crippen LogP contribution in [0, 0.1) is 0 Å². The average molecular weight is 814 g/mol. The van der Waals surface area contributed by atoms with Crippen LogP contribution in [0.3, 0.4) is 0 Å². The highest BCUT2D eigenvalue weighted by molar-refractivity contribution is 9.11. The standard InChI is InChI=1S/C23H26Br6O2/c1-5-15(11-24)30-21-17(26)7-13(8-18(21)27)23(3,4)14-9-19(28)22(20(29)10-14)31-16(6-2)12-25/h7-10,15-16H,5-6,11-12H2,1-4H3. The molecule has 172 valence electrons. The number of hydrogen-bond acceptors (Lipinski definition) is 2. The first-order valence-corrected chi connectivity index (χ1v) is 15.4. The largest absolute Gasteiger partial charge is 0.487 e. The van der Waals surface area contributed by atoms with Crippen molar-refractivity contribution in [2.24, 2.45) is 0 Å². The molecule has 31 heavy (non-hydrogen) atoms. The molecule has 0 aliphatic carbocycles. The number of ether oxygens (including phenoxy) is 2. The monoisotopic (exact) mass is 808 g/mol. The minimum Gasteiger partial charge on any atom is -0.487 e. The maximum Gasteiger partial charge on any atom is 0.148 e. The van der Waals surface area contributed by atoms with Gasteiger partial charge in [0.2, 0.25) is 0 Å². The molecular formula is C23H26Br6O2. The molecule has 0 aliphatic heterocycles. The summed E-state index contributed by atoms with van der Waals surface area (Å²) in [5, 5.41) is 1.58. The third-order valence-electron chi connectivity index (χ3n) is 5.26. The fourth-order valence-corrected chi connectivity index (χ4v) is 6.94. The van der Waals surface area contributed by atoms with Crippen LogP contribution in [-0.2, 0) is 5.41 Å². The first kappa shape index (κ1) is 28.2. The van der Waals surface area contributed by atoms with Gasteiger partial charge in [-0.25, -0.2) is 0 Å². The Morgan fingerprint density at radius 2 is 0.968 bits per heavy atom. The second kappa shape index (κ2) is 12.6. The molecule has 2 aromatic rings. The lowest BCUT2D eigenvalue weighted by molar-refractivity contribution is 0.220. The van der Waals surface area contributed by atoms with Crippen LogP contribution in [0.5, 0.6) is 11.5 Å². The molecule has 0 saturated heterocycles. The molecule has 2 rings (SSSR count). The van der Waals surface area contributed by atoms with Crippen LogP contribution in [0.2, 0.25) is 0 Å². The summed E-state index contributed by atoms with van der Waals surface area (Å²) < 4.78 is 16.1. The van der Waals surface area contributed by atoms with Crippen LogP contribution in [0.15, 0.2) is 42.2 Å². The van der Waals surface area contributed by atoms with Gasteiger partial charge in [-0.3, -0.25) is 0 Å². The van der Waals surface area contributed by atoms with Crippen LogP contribution in [0.25, 0.3) is 0 Å². The number of alkyl halides is 2. The van der Waals surface area contributed by atoms with Gasteiger partial charge in [0.05, 0.1) is 17.9 Å². The van der Waals surface area contributed by atoms with Gasteiger partial charge in [0.1, 0.15) is 23.7 Å². The van der Waals surface area contributed by atoms with Gasteiger partial charge in [0.25, 0.3) is 0 Å². The summed E-state index contributed by atoms with van der Waals surface area (Å²) in [4.78, 5) is 0. The molecule has 0 bridgehead atoms. The van der Waals surface area contributed by atoms with Crippen molar-refractivity contribution in [2.75, 3.05) is 10.7 Å². The summed E-state index contributed by atoms with van der Waals surface area (Å²) in [5.74, 6) is 1.66. The first-order valence-electron chi connectivity index (χ1n) is 10.0. The first-order chi connectivity index (χ1) is 14.6. The molecule has 0 aliphatic rings. The molecule has 0 spiro atoms. The van der Waals surface area contributed by atoms with E-state index in [1.54, 1.807) is 0 Å². The van der Waals surface area contributed by atoms with Crippen LogP contribution in [-0.4, -0.2) is 22.9 Å². The molecule has 0 aromatic heterocycles. The molecule has 8 heteroatoms. The number of hydrogen-bond donors (Lipinski definition) is 0. The van der Waals surface area contributed by atoms with E-state index in [1.165, 1.54) is 11.1 Å². The predicted octanol–water partition coefficient (Wildman–Crippen LogP) is 10.2. The third kappa shape index (κ3) is 6.97. The smallest absolute Gasteiger partial charge is 0.148 e. The second-order valence-electron chi connectivity index (χ2n) is 7.77. The van der Waals surface area contributed by atoms with Crippen molar-refractivity contribution in [1.82, 2.24) is 0 Å². The van der Waals surface area contributed by atoms with Crippen molar-refractivity contribution in [3.05, 3.63) is 53.3 Å². The van der Waals surface area contributed by atoms with Crippen molar-refractivity contribution >= 4 is 95.6 Å². The number of benzene rings is 2. The highest BCUT2D eigenvalue weighted by Crippen LogP contribution is 2.44. The summed E-state index contributed by atoms with van der Waals surface area (Å²) in [6.45, 7) is 8.68. The Balaban J connectivity index is 2.43. The second-order valence-corrected chi connectivity index (χ2v) is 12.5. The predicted molar refractivity (Wildman–Crippen MR) is 153 cm³/mol. The maximum atomic E-state index is 6.18. The Bertz CT molecular complexity index is 774. The van der Waals surface area contributed by atoms with E-state index in [1.807, 2.05) is 0 Å². The zero-order valence-corrected chi connectivity index (χ0v) is 27.4. The molecule has 2 nitrogen and oxygen atoms in total. The molecule has 0 amide bonds. The molecule has 0 heterocycles. The Labute approximate surface area is 236 Å². The number of halogens is 6. The van der Waals surface area contributed by atoms with Crippen LogP contribution in [0.1, 0.15) is 51.7 Å². The molecular weight excluding hydrogens is 788 g/mol. The van der Waals surface area contributed by atoms with E-state index in [0.29, 0.717) is 0 Å². The average Bonchev–Trinajstić information content (AvgIpc) is 2.73. The Morgan fingerprint density at radius 3 is 1.19 bits per heavy atom. The molecule has 0 radical (unpaired) electrons. The maximum absolute atomic E-state index is 6.18. The quantitative estimate of drug-likeness (QED) is 0.223. The fourth-order valence-electron chi connectivity index (χ4n) is 3.01. The highest BCUT2D eigenvalue weighted by atomic mass is 79.9. The van der Waals surface area contributed by atoms with Gasteiger partial charge in [0.15, 0.2) is 0 Å². The van der Waals surface area contributed by atoms with Gasteiger partial charge in [-0.1, -0.05) is 59.6 Å². The van der Waals surface area contributed by atoms with Crippen molar-refractivity contribution in [2.45, 2.75) is 58.2 Å². The van der Waals surface area contributed by atoms with Crippen molar-refractivity contribution in [3.63, 3.8) is 0 Å². The van der Waals surface area contributed by atoms with Crippen LogP contribution < -0.4 is 9.47 Å². The van der Waals surface area contributed by atoms with Crippen molar-refractivity contribution in [1.29, 1.82) is 0 Å². The van der Waals surface area contributed by atoms with Gasteiger partial charge in [-0.15, -0.1) is 0 Å². The summed E-state index contributed by atoms with van der Waals surface area (Å²) in [5.41, 5.74) is 2.10. The van der Waals surface area contributed by atoms with E-state index in [0.717, 1.165) is 52.9 Å². The van der Waals surface area contributed by atoms with Gasteiger partial charge < -0.3 is 9.47 Å². The van der Waals surface area contributed by atoms with E-state index in [4.69, 9.17) is 9.47 Å². The molecule has 0 saturated carbocycles. The SMILES string of the molecule is CCC(CBr)Oc1c(Br)cc(C(C)(C)c2cc(Br)c(OC(CC)CBr)c(Br)c2)cc1Br. The lowest BCUT2D eigenvalue weighted by atomic mass is 9.78. The Hall–Kier alpha value is 0.920. The lowest BCUT2D eigenvalue weighted by Gasteiger charge is -2.29. The Kier molecular flexibility index (Phi) is 11.4.